The fourth-order valence-corrected chi connectivity index (χ4v) is 2.33. The summed E-state index contributed by atoms with van der Waals surface area (Å²) in [5.74, 6) is 0.612. The summed E-state index contributed by atoms with van der Waals surface area (Å²) in [7, 11) is -3.21. The average Bonchev–Trinajstić information content (AvgIpc) is 2.89. The third-order valence-corrected chi connectivity index (χ3v) is 3.87. The van der Waals surface area contributed by atoms with Crippen LogP contribution in [-0.4, -0.2) is 20.6 Å². The molecule has 0 atom stereocenters. The minimum atomic E-state index is -3.21. The lowest BCUT2D eigenvalue weighted by atomic mass is 10.2. The third kappa shape index (κ3) is 3.96. The predicted molar refractivity (Wildman–Crippen MR) is 75.2 cm³/mol. The van der Waals surface area contributed by atoms with Crippen molar-refractivity contribution in [2.45, 2.75) is 17.7 Å². The van der Waals surface area contributed by atoms with Gasteiger partial charge in [0.05, 0.1) is 11.2 Å². The molecule has 0 aliphatic heterocycles. The minimum absolute atomic E-state index is 0.145. The third-order valence-electron chi connectivity index (χ3n) is 2.74. The zero-order chi connectivity index (χ0) is 14.6. The minimum Gasteiger partial charge on any atom is -0.469 e. The van der Waals surface area contributed by atoms with E-state index < -0.39 is 9.84 Å². The van der Waals surface area contributed by atoms with Crippen LogP contribution in [0.2, 0.25) is 0 Å². The first-order chi connectivity index (χ1) is 9.45. The zero-order valence-corrected chi connectivity index (χ0v) is 11.8. The number of sulfone groups is 1. The van der Waals surface area contributed by atoms with Crippen molar-refractivity contribution in [1.29, 1.82) is 0 Å². The molecule has 6 heteroatoms. The van der Waals surface area contributed by atoms with E-state index in [1.54, 1.807) is 24.5 Å². The summed E-state index contributed by atoms with van der Waals surface area (Å²) in [5.41, 5.74) is 0.571. The molecule has 2 aromatic rings. The Morgan fingerprint density at radius 3 is 2.45 bits per heavy atom. The van der Waals surface area contributed by atoms with Crippen LogP contribution in [0.1, 0.15) is 12.2 Å². The number of carbonyl (C=O) groups is 1. The second kappa shape index (κ2) is 5.92. The molecule has 0 saturated carbocycles. The van der Waals surface area contributed by atoms with E-state index in [2.05, 4.69) is 5.32 Å². The number of rotatable bonds is 5. The van der Waals surface area contributed by atoms with Crippen molar-refractivity contribution in [1.82, 2.24) is 0 Å². The molecule has 0 spiro atoms. The van der Waals surface area contributed by atoms with Crippen LogP contribution in [0.4, 0.5) is 5.69 Å². The van der Waals surface area contributed by atoms with E-state index in [1.807, 2.05) is 6.07 Å². The van der Waals surface area contributed by atoms with Crippen molar-refractivity contribution in [3.63, 3.8) is 0 Å². The molecular weight excluding hydrogens is 278 g/mol. The molecule has 0 fully saturated rings. The number of furan rings is 1. The summed E-state index contributed by atoms with van der Waals surface area (Å²) in [4.78, 5) is 11.9. The van der Waals surface area contributed by atoms with Crippen LogP contribution in [0, 0.1) is 0 Å². The Kier molecular flexibility index (Phi) is 4.24. The lowest BCUT2D eigenvalue weighted by Crippen LogP contribution is -2.12. The summed E-state index contributed by atoms with van der Waals surface area (Å²) in [6, 6.07) is 9.67. The van der Waals surface area contributed by atoms with Crippen LogP contribution in [0.3, 0.4) is 0 Å². The second-order valence-electron chi connectivity index (χ2n) is 4.42. The molecule has 0 bridgehead atoms. The smallest absolute Gasteiger partial charge is 0.224 e. The maximum Gasteiger partial charge on any atom is 0.224 e. The Morgan fingerprint density at radius 2 is 1.90 bits per heavy atom. The highest BCUT2D eigenvalue weighted by atomic mass is 32.2. The lowest BCUT2D eigenvalue weighted by Gasteiger charge is -2.05. The number of benzene rings is 1. The first-order valence-corrected chi connectivity index (χ1v) is 7.96. The number of hydrogen-bond acceptors (Lipinski definition) is 4. The molecule has 0 aliphatic rings. The first kappa shape index (κ1) is 14.3. The molecular formula is C14H15NO4S. The monoisotopic (exact) mass is 293 g/mol. The van der Waals surface area contributed by atoms with Gasteiger partial charge < -0.3 is 9.73 Å². The van der Waals surface area contributed by atoms with Crippen LogP contribution in [-0.2, 0) is 21.1 Å². The molecule has 20 heavy (non-hydrogen) atoms. The van der Waals surface area contributed by atoms with E-state index in [0.717, 1.165) is 12.0 Å². The first-order valence-electron chi connectivity index (χ1n) is 6.07. The van der Waals surface area contributed by atoms with Gasteiger partial charge in [0.15, 0.2) is 9.84 Å². The van der Waals surface area contributed by atoms with Gasteiger partial charge in [-0.25, -0.2) is 8.42 Å². The number of aryl methyl sites for hydroxylation is 1. The Morgan fingerprint density at radius 1 is 1.20 bits per heavy atom. The number of amides is 1. The van der Waals surface area contributed by atoms with Crippen LogP contribution < -0.4 is 5.32 Å². The molecule has 0 unspecified atom stereocenters. The largest absolute Gasteiger partial charge is 0.469 e. The highest BCUT2D eigenvalue weighted by Crippen LogP contribution is 2.14. The van der Waals surface area contributed by atoms with E-state index in [9.17, 15) is 13.2 Å². The Labute approximate surface area is 117 Å². The number of nitrogens with one attached hydrogen (secondary N) is 1. The SMILES string of the molecule is CS(=O)(=O)c1ccc(NC(=O)CCc2ccco2)cc1. The summed E-state index contributed by atoms with van der Waals surface area (Å²) < 4.78 is 27.7. The number of carbonyl (C=O) groups excluding carboxylic acids is 1. The normalized spacial score (nSPS) is 11.2. The molecule has 106 valence electrons. The van der Waals surface area contributed by atoms with Gasteiger partial charge in [-0.1, -0.05) is 0 Å². The van der Waals surface area contributed by atoms with Gasteiger partial charge in [0.25, 0.3) is 0 Å². The molecule has 1 aromatic carbocycles. The van der Waals surface area contributed by atoms with Gasteiger partial charge in [-0.3, -0.25) is 4.79 Å². The molecule has 0 aliphatic carbocycles. The fraction of sp³-hybridized carbons (Fsp3) is 0.214. The summed E-state index contributed by atoms with van der Waals surface area (Å²) in [6.07, 6.45) is 3.54. The standard InChI is InChI=1S/C14H15NO4S/c1-20(17,18)13-7-4-11(5-8-13)15-14(16)9-6-12-3-2-10-19-12/h2-5,7-8,10H,6,9H2,1H3,(H,15,16). The van der Waals surface area contributed by atoms with E-state index in [-0.39, 0.29) is 10.8 Å². The van der Waals surface area contributed by atoms with Gasteiger partial charge in [-0.15, -0.1) is 0 Å². The highest BCUT2D eigenvalue weighted by Gasteiger charge is 2.08. The van der Waals surface area contributed by atoms with Gasteiger partial charge in [-0.2, -0.15) is 0 Å². The topological polar surface area (TPSA) is 76.4 Å². The molecule has 5 nitrogen and oxygen atoms in total. The van der Waals surface area contributed by atoms with Gasteiger partial charge in [-0.05, 0) is 36.4 Å². The molecule has 1 N–H and O–H groups in total. The molecule has 1 aromatic heterocycles. The van der Waals surface area contributed by atoms with E-state index in [4.69, 9.17) is 4.42 Å². The maximum atomic E-state index is 11.7. The van der Waals surface area contributed by atoms with Gasteiger partial charge >= 0.3 is 0 Å². The maximum absolute atomic E-state index is 11.7. The quantitative estimate of drug-likeness (QED) is 0.917. The number of hydrogen-bond donors (Lipinski definition) is 1. The average molecular weight is 293 g/mol. The van der Waals surface area contributed by atoms with Crippen molar-refractivity contribution in [3.05, 3.63) is 48.4 Å². The number of anilines is 1. The van der Waals surface area contributed by atoms with Crippen molar-refractivity contribution in [2.75, 3.05) is 11.6 Å². The van der Waals surface area contributed by atoms with E-state index >= 15 is 0 Å². The molecule has 0 radical (unpaired) electrons. The summed E-state index contributed by atoms with van der Waals surface area (Å²) >= 11 is 0. The highest BCUT2D eigenvalue weighted by molar-refractivity contribution is 7.90. The summed E-state index contributed by atoms with van der Waals surface area (Å²) in [6.45, 7) is 0. The van der Waals surface area contributed by atoms with Crippen molar-refractivity contribution >= 4 is 21.4 Å². The zero-order valence-electron chi connectivity index (χ0n) is 11.0. The van der Waals surface area contributed by atoms with E-state index in [0.29, 0.717) is 18.5 Å². The Hall–Kier alpha value is -2.08. The van der Waals surface area contributed by atoms with Crippen molar-refractivity contribution < 1.29 is 17.6 Å². The predicted octanol–water partition coefficient (Wildman–Crippen LogP) is 2.25. The molecule has 0 saturated heterocycles. The van der Waals surface area contributed by atoms with Crippen LogP contribution in [0.5, 0.6) is 0 Å². The van der Waals surface area contributed by atoms with Gasteiger partial charge in [0.2, 0.25) is 5.91 Å². The van der Waals surface area contributed by atoms with Crippen LogP contribution in [0.15, 0.2) is 52.0 Å². The Balaban J connectivity index is 1.91. The molecule has 1 amide bonds. The molecule has 2 rings (SSSR count). The molecule has 1 heterocycles. The van der Waals surface area contributed by atoms with E-state index in [1.165, 1.54) is 12.1 Å². The lowest BCUT2D eigenvalue weighted by molar-refractivity contribution is -0.116. The summed E-state index contributed by atoms with van der Waals surface area (Å²) in [5, 5.41) is 2.71. The van der Waals surface area contributed by atoms with Crippen molar-refractivity contribution in [3.8, 4) is 0 Å². The Bertz CT molecular complexity index is 672. The van der Waals surface area contributed by atoms with Gasteiger partial charge in [0.1, 0.15) is 5.76 Å². The second-order valence-corrected chi connectivity index (χ2v) is 6.44. The van der Waals surface area contributed by atoms with Crippen LogP contribution in [0.25, 0.3) is 0 Å². The van der Waals surface area contributed by atoms with Gasteiger partial charge in [0, 0.05) is 24.8 Å². The van der Waals surface area contributed by atoms with Crippen molar-refractivity contribution in [2.24, 2.45) is 0 Å². The van der Waals surface area contributed by atoms with Crippen LogP contribution >= 0.6 is 0 Å². The fourth-order valence-electron chi connectivity index (χ4n) is 1.70.